The molecule has 3 nitrogen and oxygen atoms in total. The van der Waals surface area contributed by atoms with E-state index in [0.717, 1.165) is 11.1 Å². The van der Waals surface area contributed by atoms with Crippen LogP contribution in [0.25, 0.3) is 0 Å². The van der Waals surface area contributed by atoms with E-state index in [0.29, 0.717) is 12.1 Å². The van der Waals surface area contributed by atoms with Gasteiger partial charge in [0.25, 0.3) is 5.91 Å². The van der Waals surface area contributed by atoms with Crippen LogP contribution in [0.3, 0.4) is 0 Å². The molecule has 1 aromatic rings. The maximum absolute atomic E-state index is 11.5. The van der Waals surface area contributed by atoms with Crippen molar-refractivity contribution >= 4 is 21.8 Å². The fourth-order valence-corrected chi connectivity index (χ4v) is 1.36. The van der Waals surface area contributed by atoms with Crippen LogP contribution in [-0.2, 0) is 4.74 Å². The van der Waals surface area contributed by atoms with Crippen LogP contribution in [0.5, 0.6) is 0 Å². The van der Waals surface area contributed by atoms with Crippen LogP contribution in [0.15, 0.2) is 28.7 Å². The first-order chi connectivity index (χ1) is 6.75. The van der Waals surface area contributed by atoms with Gasteiger partial charge in [-0.15, -0.1) is 0 Å². The van der Waals surface area contributed by atoms with Crippen molar-refractivity contribution in [2.24, 2.45) is 0 Å². The van der Waals surface area contributed by atoms with Crippen LogP contribution in [0.2, 0.25) is 0 Å². The number of carbonyl (C=O) groups is 1. The van der Waals surface area contributed by atoms with Crippen molar-refractivity contribution < 1.29 is 9.53 Å². The standard InChI is InChI=1S/C10H10BrNO2/c11-8-3-1-7(2-4-8)10(13)12-5-9-6-14-9/h1-4,9H,5-6H2,(H,12,13)/t9-/m0/s1. The summed E-state index contributed by atoms with van der Waals surface area (Å²) < 4.78 is 5.96. The number of halogens is 1. The first-order valence-corrected chi connectivity index (χ1v) is 5.20. The molecule has 1 heterocycles. The number of nitrogens with one attached hydrogen (secondary N) is 1. The Morgan fingerprint density at radius 2 is 2.14 bits per heavy atom. The minimum atomic E-state index is -0.0481. The van der Waals surface area contributed by atoms with Crippen molar-refractivity contribution in [2.75, 3.05) is 13.2 Å². The predicted molar refractivity (Wildman–Crippen MR) is 56.2 cm³/mol. The van der Waals surface area contributed by atoms with E-state index in [4.69, 9.17) is 4.74 Å². The summed E-state index contributed by atoms with van der Waals surface area (Å²) in [5, 5.41) is 2.80. The zero-order chi connectivity index (χ0) is 9.97. The first-order valence-electron chi connectivity index (χ1n) is 4.41. The predicted octanol–water partition coefficient (Wildman–Crippen LogP) is 1.58. The molecule has 1 atom stereocenters. The van der Waals surface area contributed by atoms with Gasteiger partial charge in [-0.05, 0) is 24.3 Å². The average Bonchev–Trinajstić information content (AvgIpc) is 2.99. The van der Waals surface area contributed by atoms with Crippen LogP contribution >= 0.6 is 15.9 Å². The molecule has 1 aromatic carbocycles. The summed E-state index contributed by atoms with van der Waals surface area (Å²) in [6.45, 7) is 1.37. The Hall–Kier alpha value is -0.870. The van der Waals surface area contributed by atoms with Crippen LogP contribution in [0.1, 0.15) is 10.4 Å². The van der Waals surface area contributed by atoms with Gasteiger partial charge in [0.05, 0.1) is 12.7 Å². The highest BCUT2D eigenvalue weighted by atomic mass is 79.9. The third kappa shape index (κ3) is 2.56. The summed E-state index contributed by atoms with van der Waals surface area (Å²) in [6, 6.07) is 7.27. The monoisotopic (exact) mass is 255 g/mol. The minimum Gasteiger partial charge on any atom is -0.371 e. The average molecular weight is 256 g/mol. The topological polar surface area (TPSA) is 41.6 Å². The molecule has 1 saturated heterocycles. The second kappa shape index (κ2) is 4.11. The molecule has 1 amide bonds. The van der Waals surface area contributed by atoms with Gasteiger partial charge in [0.1, 0.15) is 0 Å². The van der Waals surface area contributed by atoms with Gasteiger partial charge in [-0.2, -0.15) is 0 Å². The number of amides is 1. The van der Waals surface area contributed by atoms with Crippen LogP contribution in [0.4, 0.5) is 0 Å². The van der Waals surface area contributed by atoms with Crippen molar-refractivity contribution in [2.45, 2.75) is 6.10 Å². The zero-order valence-corrected chi connectivity index (χ0v) is 9.08. The normalized spacial score (nSPS) is 19.1. The fraction of sp³-hybridized carbons (Fsp3) is 0.300. The molecule has 0 unspecified atom stereocenters. The number of hydrogen-bond donors (Lipinski definition) is 1. The van der Waals surface area contributed by atoms with Crippen LogP contribution in [-0.4, -0.2) is 25.2 Å². The molecule has 74 valence electrons. The van der Waals surface area contributed by atoms with Crippen LogP contribution in [0, 0.1) is 0 Å². The molecule has 1 aliphatic heterocycles. The second-order valence-corrected chi connectivity index (χ2v) is 4.09. The molecule has 2 rings (SSSR count). The lowest BCUT2D eigenvalue weighted by Crippen LogP contribution is -2.27. The van der Waals surface area contributed by atoms with Gasteiger partial charge in [0, 0.05) is 16.6 Å². The molecule has 1 aliphatic rings. The summed E-state index contributed by atoms with van der Waals surface area (Å²) in [7, 11) is 0. The molecular formula is C10H10BrNO2. The third-order valence-corrected chi connectivity index (χ3v) is 2.53. The van der Waals surface area contributed by atoms with E-state index < -0.39 is 0 Å². The summed E-state index contributed by atoms with van der Waals surface area (Å²) in [4.78, 5) is 11.5. The number of hydrogen-bond acceptors (Lipinski definition) is 2. The van der Waals surface area contributed by atoms with Crippen molar-refractivity contribution in [3.63, 3.8) is 0 Å². The highest BCUT2D eigenvalue weighted by molar-refractivity contribution is 9.10. The molecule has 0 saturated carbocycles. The molecule has 1 N–H and O–H groups in total. The number of carbonyl (C=O) groups excluding carboxylic acids is 1. The molecule has 0 aliphatic carbocycles. The third-order valence-electron chi connectivity index (χ3n) is 2.00. The highest BCUT2D eigenvalue weighted by Gasteiger charge is 2.22. The highest BCUT2D eigenvalue weighted by Crippen LogP contribution is 2.11. The van der Waals surface area contributed by atoms with E-state index in [1.165, 1.54) is 0 Å². The fourth-order valence-electron chi connectivity index (χ4n) is 1.10. The molecule has 1 fully saturated rings. The largest absolute Gasteiger partial charge is 0.371 e. The van der Waals surface area contributed by atoms with Crippen molar-refractivity contribution in [1.82, 2.24) is 5.32 Å². The van der Waals surface area contributed by atoms with E-state index in [2.05, 4.69) is 21.2 Å². The Bertz CT molecular complexity index is 332. The first kappa shape index (κ1) is 9.68. The van der Waals surface area contributed by atoms with Gasteiger partial charge >= 0.3 is 0 Å². The molecule has 0 radical (unpaired) electrons. The summed E-state index contributed by atoms with van der Waals surface area (Å²) in [5.41, 5.74) is 0.675. The van der Waals surface area contributed by atoms with Gasteiger partial charge in [0.15, 0.2) is 0 Å². The summed E-state index contributed by atoms with van der Waals surface area (Å²) in [5.74, 6) is -0.0481. The van der Waals surface area contributed by atoms with E-state index in [1.54, 1.807) is 12.1 Å². The lowest BCUT2D eigenvalue weighted by Gasteiger charge is -2.02. The number of benzene rings is 1. The molecular weight excluding hydrogens is 246 g/mol. The Morgan fingerprint density at radius 1 is 1.50 bits per heavy atom. The van der Waals surface area contributed by atoms with Gasteiger partial charge < -0.3 is 10.1 Å². The lowest BCUT2D eigenvalue weighted by molar-refractivity contribution is 0.0950. The van der Waals surface area contributed by atoms with Gasteiger partial charge in [-0.1, -0.05) is 15.9 Å². The quantitative estimate of drug-likeness (QED) is 0.834. The molecule has 14 heavy (non-hydrogen) atoms. The molecule has 0 bridgehead atoms. The Kier molecular flexibility index (Phi) is 2.84. The van der Waals surface area contributed by atoms with E-state index in [-0.39, 0.29) is 12.0 Å². The van der Waals surface area contributed by atoms with Gasteiger partial charge in [-0.3, -0.25) is 4.79 Å². The van der Waals surface area contributed by atoms with Crippen LogP contribution < -0.4 is 5.32 Å². The number of rotatable bonds is 3. The molecule has 4 heteroatoms. The number of epoxide rings is 1. The Morgan fingerprint density at radius 3 is 2.71 bits per heavy atom. The van der Waals surface area contributed by atoms with Crippen molar-refractivity contribution in [3.05, 3.63) is 34.3 Å². The smallest absolute Gasteiger partial charge is 0.251 e. The Labute approximate surface area is 90.6 Å². The van der Waals surface area contributed by atoms with Gasteiger partial charge in [0.2, 0.25) is 0 Å². The minimum absolute atomic E-state index is 0.0481. The van der Waals surface area contributed by atoms with E-state index >= 15 is 0 Å². The molecule has 0 aromatic heterocycles. The summed E-state index contributed by atoms with van der Waals surface area (Å²) in [6.07, 6.45) is 0.231. The maximum atomic E-state index is 11.5. The zero-order valence-electron chi connectivity index (χ0n) is 7.50. The summed E-state index contributed by atoms with van der Waals surface area (Å²) >= 11 is 3.32. The van der Waals surface area contributed by atoms with E-state index in [1.807, 2.05) is 12.1 Å². The van der Waals surface area contributed by atoms with E-state index in [9.17, 15) is 4.79 Å². The maximum Gasteiger partial charge on any atom is 0.251 e. The lowest BCUT2D eigenvalue weighted by atomic mass is 10.2. The second-order valence-electron chi connectivity index (χ2n) is 3.17. The van der Waals surface area contributed by atoms with Gasteiger partial charge in [-0.25, -0.2) is 0 Å². The Balaban J connectivity index is 1.92. The SMILES string of the molecule is O=C(NC[C@H]1CO1)c1ccc(Br)cc1. The number of ether oxygens (including phenoxy) is 1. The molecule has 0 spiro atoms. The van der Waals surface area contributed by atoms with Crippen molar-refractivity contribution in [1.29, 1.82) is 0 Å². The van der Waals surface area contributed by atoms with Crippen molar-refractivity contribution in [3.8, 4) is 0 Å².